The Labute approximate surface area is 122 Å². The van der Waals surface area contributed by atoms with E-state index in [1.807, 2.05) is 37.3 Å². The van der Waals surface area contributed by atoms with Crippen LogP contribution in [-0.2, 0) is 4.79 Å². The van der Waals surface area contributed by atoms with Gasteiger partial charge < -0.3 is 10.4 Å². The molecule has 3 nitrogen and oxygen atoms in total. The van der Waals surface area contributed by atoms with Crippen LogP contribution in [0.1, 0.15) is 52.0 Å². The second-order valence-corrected chi connectivity index (χ2v) is 6.31. The third kappa shape index (κ3) is 5.33. The zero-order chi connectivity index (χ0) is 15.2. The summed E-state index contributed by atoms with van der Waals surface area (Å²) in [6, 6.07) is 9.87. The van der Waals surface area contributed by atoms with Gasteiger partial charge >= 0.3 is 0 Å². The lowest BCUT2D eigenvalue weighted by molar-refractivity contribution is -0.123. The fourth-order valence-electron chi connectivity index (χ4n) is 2.58. The van der Waals surface area contributed by atoms with E-state index in [9.17, 15) is 9.90 Å². The molecule has 20 heavy (non-hydrogen) atoms. The van der Waals surface area contributed by atoms with E-state index in [1.54, 1.807) is 6.92 Å². The van der Waals surface area contributed by atoms with E-state index in [2.05, 4.69) is 19.2 Å². The van der Waals surface area contributed by atoms with Crippen LogP contribution in [0.25, 0.3) is 0 Å². The summed E-state index contributed by atoms with van der Waals surface area (Å²) in [6.45, 7) is 8.51. The monoisotopic (exact) mass is 277 g/mol. The fourth-order valence-corrected chi connectivity index (χ4v) is 2.58. The highest BCUT2D eigenvalue weighted by atomic mass is 16.3. The highest BCUT2D eigenvalue weighted by Gasteiger charge is 2.24. The molecule has 0 saturated carbocycles. The van der Waals surface area contributed by atoms with Crippen LogP contribution in [0.2, 0.25) is 0 Å². The molecule has 3 heteroatoms. The molecule has 0 aliphatic rings. The Bertz CT molecular complexity index is 412. The number of carbonyl (C=O) groups excluding carboxylic acids is 1. The average Bonchev–Trinajstić information content (AvgIpc) is 2.37. The van der Waals surface area contributed by atoms with Crippen LogP contribution >= 0.6 is 0 Å². The van der Waals surface area contributed by atoms with Crippen molar-refractivity contribution in [1.82, 2.24) is 5.32 Å². The minimum atomic E-state index is -0.349. The number of aliphatic hydroxyl groups excluding tert-OH is 1. The first-order valence-electron chi connectivity index (χ1n) is 7.36. The minimum Gasteiger partial charge on any atom is -0.393 e. The lowest BCUT2D eigenvalue weighted by Gasteiger charge is -2.27. The standard InChI is InChI=1S/C17H27NO2/c1-5-15(14-9-7-6-8-10-14)16(20)18-12-17(3,4)11-13(2)19/h6-10,13,15,19H,5,11-12H2,1-4H3,(H,18,20). The molecule has 0 saturated heterocycles. The van der Waals surface area contributed by atoms with Gasteiger partial charge in [0.15, 0.2) is 0 Å². The molecule has 0 heterocycles. The van der Waals surface area contributed by atoms with Crippen molar-refractivity contribution < 1.29 is 9.90 Å². The summed E-state index contributed by atoms with van der Waals surface area (Å²) in [5.41, 5.74) is 0.958. The molecule has 1 aromatic carbocycles. The van der Waals surface area contributed by atoms with Crippen LogP contribution in [0.15, 0.2) is 30.3 Å². The van der Waals surface area contributed by atoms with Crippen LogP contribution in [0.5, 0.6) is 0 Å². The van der Waals surface area contributed by atoms with E-state index in [-0.39, 0.29) is 23.3 Å². The van der Waals surface area contributed by atoms with Crippen LogP contribution in [-0.4, -0.2) is 23.7 Å². The van der Waals surface area contributed by atoms with Crippen molar-refractivity contribution in [2.45, 2.75) is 52.6 Å². The van der Waals surface area contributed by atoms with E-state index in [0.29, 0.717) is 13.0 Å². The highest BCUT2D eigenvalue weighted by Crippen LogP contribution is 2.23. The summed E-state index contributed by atoms with van der Waals surface area (Å²) < 4.78 is 0. The lowest BCUT2D eigenvalue weighted by atomic mass is 9.86. The lowest BCUT2D eigenvalue weighted by Crippen LogP contribution is -2.38. The number of hydrogen-bond acceptors (Lipinski definition) is 2. The zero-order valence-electron chi connectivity index (χ0n) is 13.0. The molecule has 0 fully saturated rings. The number of rotatable bonds is 7. The van der Waals surface area contributed by atoms with Crippen molar-refractivity contribution in [1.29, 1.82) is 0 Å². The molecular formula is C17H27NO2. The molecule has 0 bridgehead atoms. The Morgan fingerprint density at radius 1 is 1.30 bits per heavy atom. The third-order valence-electron chi connectivity index (χ3n) is 3.52. The Morgan fingerprint density at radius 3 is 2.40 bits per heavy atom. The Balaban J connectivity index is 2.61. The normalized spacial score (nSPS) is 14.7. The van der Waals surface area contributed by atoms with Gasteiger partial charge in [-0.2, -0.15) is 0 Å². The van der Waals surface area contributed by atoms with Gasteiger partial charge in [-0.3, -0.25) is 4.79 Å². The van der Waals surface area contributed by atoms with Gasteiger partial charge in [0.2, 0.25) is 5.91 Å². The Hall–Kier alpha value is -1.35. The molecule has 1 aromatic rings. The van der Waals surface area contributed by atoms with E-state index in [1.165, 1.54) is 0 Å². The first-order chi connectivity index (χ1) is 9.35. The van der Waals surface area contributed by atoms with Gasteiger partial charge in [0.25, 0.3) is 0 Å². The number of carbonyl (C=O) groups is 1. The number of amides is 1. The summed E-state index contributed by atoms with van der Waals surface area (Å²) in [6.07, 6.45) is 1.11. The van der Waals surface area contributed by atoms with Crippen LogP contribution in [0.3, 0.4) is 0 Å². The van der Waals surface area contributed by atoms with Gasteiger partial charge in [0, 0.05) is 6.54 Å². The number of benzene rings is 1. The molecule has 0 spiro atoms. The second-order valence-electron chi connectivity index (χ2n) is 6.31. The van der Waals surface area contributed by atoms with Gasteiger partial charge in [-0.05, 0) is 30.7 Å². The number of nitrogens with one attached hydrogen (secondary N) is 1. The molecule has 2 atom stereocenters. The molecule has 0 aliphatic carbocycles. The van der Waals surface area contributed by atoms with E-state index in [4.69, 9.17) is 0 Å². The first-order valence-corrected chi connectivity index (χ1v) is 7.36. The van der Waals surface area contributed by atoms with Gasteiger partial charge in [-0.15, -0.1) is 0 Å². The Kier molecular flexibility index (Phi) is 6.21. The van der Waals surface area contributed by atoms with Crippen LogP contribution < -0.4 is 5.32 Å². The zero-order valence-corrected chi connectivity index (χ0v) is 13.0. The van der Waals surface area contributed by atoms with E-state index < -0.39 is 0 Å². The van der Waals surface area contributed by atoms with Crippen molar-refractivity contribution in [3.8, 4) is 0 Å². The van der Waals surface area contributed by atoms with Gasteiger partial charge in [0.05, 0.1) is 12.0 Å². The number of hydrogen-bond donors (Lipinski definition) is 2. The summed E-state index contributed by atoms with van der Waals surface area (Å²) in [5, 5.41) is 12.5. The first kappa shape index (κ1) is 16.7. The van der Waals surface area contributed by atoms with Gasteiger partial charge in [0.1, 0.15) is 0 Å². The fraction of sp³-hybridized carbons (Fsp3) is 0.588. The molecule has 1 rings (SSSR count). The second kappa shape index (κ2) is 7.44. The molecule has 112 valence electrons. The average molecular weight is 277 g/mol. The maximum Gasteiger partial charge on any atom is 0.227 e. The van der Waals surface area contributed by atoms with Crippen molar-refractivity contribution in [3.05, 3.63) is 35.9 Å². The van der Waals surface area contributed by atoms with Crippen molar-refractivity contribution >= 4 is 5.91 Å². The molecule has 0 aliphatic heterocycles. The largest absolute Gasteiger partial charge is 0.393 e. The molecule has 0 aromatic heterocycles. The van der Waals surface area contributed by atoms with E-state index >= 15 is 0 Å². The maximum absolute atomic E-state index is 12.3. The molecule has 2 N–H and O–H groups in total. The highest BCUT2D eigenvalue weighted by molar-refractivity contribution is 5.83. The molecule has 0 radical (unpaired) electrons. The molecule has 1 amide bonds. The Morgan fingerprint density at radius 2 is 1.90 bits per heavy atom. The smallest absolute Gasteiger partial charge is 0.227 e. The van der Waals surface area contributed by atoms with Crippen molar-refractivity contribution in [2.75, 3.05) is 6.54 Å². The van der Waals surface area contributed by atoms with Crippen LogP contribution in [0, 0.1) is 5.41 Å². The van der Waals surface area contributed by atoms with Gasteiger partial charge in [-0.1, -0.05) is 51.1 Å². The number of aliphatic hydroxyl groups is 1. The third-order valence-corrected chi connectivity index (χ3v) is 3.52. The molecule has 2 unspecified atom stereocenters. The summed E-state index contributed by atoms with van der Waals surface area (Å²) >= 11 is 0. The van der Waals surface area contributed by atoms with Crippen molar-refractivity contribution in [3.63, 3.8) is 0 Å². The summed E-state index contributed by atoms with van der Waals surface area (Å²) in [4.78, 5) is 12.3. The minimum absolute atomic E-state index is 0.0670. The van der Waals surface area contributed by atoms with Crippen LogP contribution in [0.4, 0.5) is 0 Å². The maximum atomic E-state index is 12.3. The summed E-state index contributed by atoms with van der Waals surface area (Å²) in [5.74, 6) is -0.0316. The summed E-state index contributed by atoms with van der Waals surface area (Å²) in [7, 11) is 0. The van der Waals surface area contributed by atoms with E-state index in [0.717, 1.165) is 12.0 Å². The predicted octanol–water partition coefficient (Wildman–Crippen LogP) is 3.09. The quantitative estimate of drug-likeness (QED) is 0.804. The van der Waals surface area contributed by atoms with Gasteiger partial charge in [-0.25, -0.2) is 0 Å². The topological polar surface area (TPSA) is 49.3 Å². The van der Waals surface area contributed by atoms with Crippen molar-refractivity contribution in [2.24, 2.45) is 5.41 Å². The SMILES string of the molecule is CCC(C(=O)NCC(C)(C)CC(C)O)c1ccccc1. The molecular weight excluding hydrogens is 250 g/mol. The predicted molar refractivity (Wildman–Crippen MR) is 82.6 cm³/mol.